The van der Waals surface area contributed by atoms with E-state index in [-0.39, 0.29) is 11.6 Å². The summed E-state index contributed by atoms with van der Waals surface area (Å²) < 4.78 is 24.7. The van der Waals surface area contributed by atoms with Gasteiger partial charge in [-0.3, -0.25) is 28.4 Å². The lowest BCUT2D eigenvalue weighted by molar-refractivity contribution is 0.407. The normalized spacial score (nSPS) is 11.7. The number of aliphatic imine (C=N–C) groups is 1. The Labute approximate surface area is 205 Å². The van der Waals surface area contributed by atoms with Crippen molar-refractivity contribution in [3.63, 3.8) is 0 Å². The topological polar surface area (TPSA) is 116 Å². The quantitative estimate of drug-likeness (QED) is 0.236. The van der Waals surface area contributed by atoms with E-state index in [4.69, 9.17) is 0 Å². The molecule has 1 heterocycles. The average molecular weight is 478 g/mol. The lowest BCUT2D eigenvalue weighted by atomic mass is 9.96. The summed E-state index contributed by atoms with van der Waals surface area (Å²) in [5.41, 5.74) is 4.42. The molecule has 2 aromatic rings. The van der Waals surface area contributed by atoms with Gasteiger partial charge in [-0.25, -0.2) is 8.78 Å². The van der Waals surface area contributed by atoms with Crippen molar-refractivity contribution in [2.24, 2.45) is 40.2 Å². The van der Waals surface area contributed by atoms with E-state index in [9.17, 15) is 8.78 Å². The third kappa shape index (κ3) is 17.8. The fraction of sp³-hybridized carbons (Fsp3) is 0.370. The molecule has 1 aliphatic heterocycles. The highest BCUT2D eigenvalue weighted by Gasteiger charge is 2.07. The molecule has 3 rings (SSSR count). The van der Waals surface area contributed by atoms with E-state index < -0.39 is 0 Å². The Bertz CT molecular complexity index is 765. The van der Waals surface area contributed by atoms with E-state index >= 15 is 0 Å². The molecule has 1 unspecified atom stereocenters. The number of aryl methyl sites for hydroxylation is 1. The van der Waals surface area contributed by atoms with Gasteiger partial charge in [0.25, 0.3) is 0 Å². The average Bonchev–Trinajstić information content (AvgIpc) is 3.31. The fourth-order valence-corrected chi connectivity index (χ4v) is 2.40. The predicted molar refractivity (Wildman–Crippen MR) is 146 cm³/mol. The van der Waals surface area contributed by atoms with Crippen molar-refractivity contribution in [1.29, 1.82) is 0 Å². The summed E-state index contributed by atoms with van der Waals surface area (Å²) >= 11 is 0. The molecule has 1 atom stereocenters. The third-order valence-electron chi connectivity index (χ3n) is 4.89. The zero-order valence-electron chi connectivity index (χ0n) is 21.7. The van der Waals surface area contributed by atoms with Crippen LogP contribution in [0.2, 0.25) is 0 Å². The molecule has 0 aromatic heterocycles. The Balaban J connectivity index is -0.000000400. The first kappa shape index (κ1) is 35.9. The summed E-state index contributed by atoms with van der Waals surface area (Å²) in [4.78, 5) is 4.18. The number of hydrazine groups is 2. The van der Waals surface area contributed by atoms with Gasteiger partial charge in [-0.05, 0) is 61.1 Å². The van der Waals surface area contributed by atoms with Crippen molar-refractivity contribution in [1.82, 2.24) is 0 Å². The van der Waals surface area contributed by atoms with Gasteiger partial charge in [-0.15, -0.1) is 13.2 Å². The molecule has 0 bridgehead atoms. The Hall–Kier alpha value is -2.71. The van der Waals surface area contributed by atoms with Crippen LogP contribution in [0.5, 0.6) is 0 Å². The van der Waals surface area contributed by atoms with Crippen LogP contribution in [-0.4, -0.2) is 5.71 Å². The van der Waals surface area contributed by atoms with Gasteiger partial charge in [0.1, 0.15) is 11.6 Å². The molecular weight excluding hydrogens is 432 g/mol. The molecule has 0 radical (unpaired) electrons. The Morgan fingerprint density at radius 1 is 0.824 bits per heavy atom. The minimum absolute atomic E-state index is 0.171. The summed E-state index contributed by atoms with van der Waals surface area (Å²) in [5.74, 6) is 17.4. The molecule has 192 valence electrons. The van der Waals surface area contributed by atoms with Gasteiger partial charge in [0, 0.05) is 18.3 Å². The molecule has 0 aliphatic carbocycles. The van der Waals surface area contributed by atoms with Gasteiger partial charge in [-0.1, -0.05) is 63.9 Å². The third-order valence-corrected chi connectivity index (χ3v) is 4.89. The second-order valence-corrected chi connectivity index (χ2v) is 7.63. The minimum Gasteiger partial charge on any atom is -0.274 e. The summed E-state index contributed by atoms with van der Waals surface area (Å²) in [6.07, 6.45) is 4.05. The lowest BCUT2D eigenvalue weighted by Crippen LogP contribution is -2.02. The van der Waals surface area contributed by atoms with Crippen LogP contribution in [-0.2, 0) is 0 Å². The Morgan fingerprint density at radius 2 is 1.24 bits per heavy atom. The second-order valence-electron chi connectivity index (χ2n) is 7.63. The van der Waals surface area contributed by atoms with Crippen LogP contribution in [0.4, 0.5) is 8.78 Å². The first-order valence-electron chi connectivity index (χ1n) is 11.1. The van der Waals surface area contributed by atoms with Gasteiger partial charge in [-0.2, -0.15) is 0 Å². The van der Waals surface area contributed by atoms with Crippen molar-refractivity contribution >= 4 is 11.3 Å². The molecule has 0 saturated heterocycles. The monoisotopic (exact) mass is 477 g/mol. The highest BCUT2D eigenvalue weighted by molar-refractivity contribution is 5.96. The Kier molecular flexibility index (Phi) is 24.7. The van der Waals surface area contributed by atoms with Gasteiger partial charge in [0.2, 0.25) is 0 Å². The number of halogens is 2. The molecule has 0 amide bonds. The number of rotatable bonds is 3. The van der Waals surface area contributed by atoms with Crippen LogP contribution in [0.15, 0.2) is 72.9 Å². The van der Waals surface area contributed by atoms with E-state index in [0.717, 1.165) is 40.7 Å². The van der Waals surface area contributed by atoms with Crippen molar-refractivity contribution in [2.75, 3.05) is 0 Å². The maximum absolute atomic E-state index is 12.6. The summed E-state index contributed by atoms with van der Waals surface area (Å²) in [5, 5.41) is 0. The molecule has 2 aromatic carbocycles. The fourth-order valence-electron chi connectivity index (χ4n) is 2.40. The van der Waals surface area contributed by atoms with Crippen molar-refractivity contribution in [3.05, 3.63) is 90.7 Å². The van der Waals surface area contributed by atoms with Crippen LogP contribution < -0.4 is 23.4 Å². The molecule has 0 fully saturated rings. The molecule has 1 aliphatic rings. The van der Waals surface area contributed by atoms with Crippen LogP contribution in [0.3, 0.4) is 0 Å². The van der Waals surface area contributed by atoms with Crippen molar-refractivity contribution < 1.29 is 8.78 Å². The van der Waals surface area contributed by atoms with Gasteiger partial charge < -0.3 is 0 Å². The predicted octanol–water partition coefficient (Wildman–Crippen LogP) is 6.29. The standard InChI is InChI=1S/C11H10FN.C7H7F.C7H16.C2H4.2H4N2/c1-8-6-10(7-13-8)9-2-4-11(12)5-3-9;1-6-2-4-7(8)5-3-6;1-5-7(4)6(2)3;3*1-2/h2-5,7H,6H2,1H3;2-5H,1H3;6-7H,5H2,1-4H3;3*1-2H2. The van der Waals surface area contributed by atoms with Gasteiger partial charge in [0.15, 0.2) is 0 Å². The number of hydrogen-bond donors (Lipinski definition) is 4. The molecule has 8 N–H and O–H groups in total. The van der Waals surface area contributed by atoms with Crippen LogP contribution in [0.25, 0.3) is 5.57 Å². The first-order chi connectivity index (χ1) is 16.2. The molecule has 34 heavy (non-hydrogen) atoms. The zero-order chi connectivity index (χ0) is 27.1. The van der Waals surface area contributed by atoms with Crippen LogP contribution in [0, 0.1) is 30.4 Å². The lowest BCUT2D eigenvalue weighted by Gasteiger charge is -2.10. The summed E-state index contributed by atoms with van der Waals surface area (Å²) in [6.45, 7) is 19.0. The van der Waals surface area contributed by atoms with Gasteiger partial charge in [0.05, 0.1) is 0 Å². The van der Waals surface area contributed by atoms with Crippen molar-refractivity contribution in [2.45, 2.75) is 54.4 Å². The number of hydrogen-bond acceptors (Lipinski definition) is 5. The minimum atomic E-state index is -0.194. The van der Waals surface area contributed by atoms with E-state index in [1.165, 1.54) is 30.7 Å². The second kappa shape index (κ2) is 23.4. The molecular formula is C27H45F2N5. The van der Waals surface area contributed by atoms with Gasteiger partial charge >= 0.3 is 0 Å². The smallest absolute Gasteiger partial charge is 0.123 e. The maximum Gasteiger partial charge on any atom is 0.123 e. The van der Waals surface area contributed by atoms with E-state index in [0.29, 0.717) is 0 Å². The van der Waals surface area contributed by atoms with Crippen LogP contribution >= 0.6 is 0 Å². The summed E-state index contributed by atoms with van der Waals surface area (Å²) in [6, 6.07) is 12.9. The maximum atomic E-state index is 12.6. The van der Waals surface area contributed by atoms with Crippen molar-refractivity contribution in [3.8, 4) is 0 Å². The number of nitrogens with zero attached hydrogens (tertiary/aromatic N) is 1. The largest absolute Gasteiger partial charge is 0.274 e. The SMILES string of the molecule is C=C.CC1=NC=C(c2ccc(F)cc2)C1.CCC(C)C(C)C.Cc1ccc(F)cc1.NN.NN. The van der Waals surface area contributed by atoms with E-state index in [1.54, 1.807) is 24.3 Å². The van der Waals surface area contributed by atoms with Crippen LogP contribution in [0.1, 0.15) is 58.6 Å². The zero-order valence-corrected chi connectivity index (χ0v) is 21.7. The number of benzene rings is 2. The summed E-state index contributed by atoms with van der Waals surface area (Å²) in [7, 11) is 0. The number of nitrogens with two attached hydrogens (primary N) is 4. The van der Waals surface area contributed by atoms with E-state index in [2.05, 4.69) is 69.2 Å². The number of allylic oxidation sites excluding steroid dienone is 1. The molecule has 0 spiro atoms. The van der Waals surface area contributed by atoms with E-state index in [1.807, 2.05) is 20.0 Å². The first-order valence-corrected chi connectivity index (χ1v) is 11.1. The molecule has 5 nitrogen and oxygen atoms in total. The highest BCUT2D eigenvalue weighted by atomic mass is 19.1. The molecule has 0 saturated carbocycles. The Morgan fingerprint density at radius 3 is 1.50 bits per heavy atom. The highest BCUT2D eigenvalue weighted by Crippen LogP contribution is 2.23. The molecule has 7 heteroatoms.